The summed E-state index contributed by atoms with van der Waals surface area (Å²) >= 11 is 0. The number of hydrogen-bond donors (Lipinski definition) is 2. The largest absolute Gasteiger partial charge is 0.493 e. The van der Waals surface area contributed by atoms with Crippen LogP contribution in [-0.2, 0) is 0 Å². The summed E-state index contributed by atoms with van der Waals surface area (Å²) in [4.78, 5) is 16.3. The van der Waals surface area contributed by atoms with Crippen molar-refractivity contribution >= 4 is 11.6 Å². The van der Waals surface area contributed by atoms with E-state index in [1.165, 1.54) is 5.69 Å². The van der Waals surface area contributed by atoms with E-state index in [-0.39, 0.29) is 0 Å². The highest BCUT2D eigenvalue weighted by Crippen LogP contribution is 2.25. The topological polar surface area (TPSA) is 79.0 Å². The van der Waals surface area contributed by atoms with Crippen LogP contribution in [0.1, 0.15) is 28.9 Å². The number of para-hydroxylation sites is 1. The molecule has 1 heterocycles. The molecule has 1 atom stereocenters. The first-order chi connectivity index (χ1) is 13.1. The number of nitrogens with zero attached hydrogens (tertiary/aromatic N) is 2. The third-order valence-electron chi connectivity index (χ3n) is 4.88. The molecule has 0 spiro atoms. The summed E-state index contributed by atoms with van der Waals surface area (Å²) in [5.41, 5.74) is 7.67. The Morgan fingerprint density at radius 1 is 1.15 bits per heavy atom. The highest BCUT2D eigenvalue weighted by Gasteiger charge is 2.21. The van der Waals surface area contributed by atoms with E-state index in [2.05, 4.69) is 21.9 Å². The number of anilines is 1. The van der Waals surface area contributed by atoms with Crippen molar-refractivity contribution in [1.29, 1.82) is 0 Å². The number of amides is 1. The first kappa shape index (κ1) is 19.2. The maximum Gasteiger partial charge on any atom is 0.252 e. The molecule has 0 aromatic heterocycles. The second-order valence-electron chi connectivity index (χ2n) is 6.69. The van der Waals surface area contributed by atoms with Crippen LogP contribution >= 0.6 is 0 Å². The second kappa shape index (κ2) is 8.88. The summed E-state index contributed by atoms with van der Waals surface area (Å²) in [7, 11) is 0. The molecule has 0 saturated carbocycles. The molecule has 6 heteroatoms. The SMILES string of the molecule is CCOc1ccc(C(O)CN2CCN(c3ccccc3)CC2)cc1C(N)=O. The number of rotatable bonds is 7. The Morgan fingerprint density at radius 2 is 1.85 bits per heavy atom. The van der Waals surface area contributed by atoms with Gasteiger partial charge in [0.2, 0.25) is 0 Å². The van der Waals surface area contributed by atoms with Gasteiger partial charge in [0.15, 0.2) is 0 Å². The Hall–Kier alpha value is -2.57. The lowest BCUT2D eigenvalue weighted by molar-refractivity contribution is 0.0994. The zero-order valence-corrected chi connectivity index (χ0v) is 15.7. The Bertz CT molecular complexity index is 759. The van der Waals surface area contributed by atoms with Gasteiger partial charge in [0.1, 0.15) is 5.75 Å². The summed E-state index contributed by atoms with van der Waals surface area (Å²) in [5.74, 6) is -0.0959. The van der Waals surface area contributed by atoms with Gasteiger partial charge in [0, 0.05) is 38.4 Å². The molecule has 1 amide bonds. The molecule has 1 aliphatic rings. The number of hydrogen-bond acceptors (Lipinski definition) is 5. The lowest BCUT2D eigenvalue weighted by Crippen LogP contribution is -2.47. The van der Waals surface area contributed by atoms with Crippen LogP contribution in [-0.4, -0.2) is 55.2 Å². The van der Waals surface area contributed by atoms with E-state index < -0.39 is 12.0 Å². The number of benzene rings is 2. The van der Waals surface area contributed by atoms with Crippen LogP contribution in [0.25, 0.3) is 0 Å². The summed E-state index contributed by atoms with van der Waals surface area (Å²) < 4.78 is 5.44. The molecule has 1 aliphatic heterocycles. The van der Waals surface area contributed by atoms with Gasteiger partial charge in [-0.3, -0.25) is 9.69 Å². The predicted molar refractivity (Wildman–Crippen MR) is 106 cm³/mol. The fourth-order valence-electron chi connectivity index (χ4n) is 3.41. The predicted octanol–water partition coefficient (Wildman–Crippen LogP) is 2.04. The van der Waals surface area contributed by atoms with Crippen LogP contribution in [0.15, 0.2) is 48.5 Å². The Morgan fingerprint density at radius 3 is 2.48 bits per heavy atom. The van der Waals surface area contributed by atoms with Gasteiger partial charge in [-0.05, 0) is 36.8 Å². The van der Waals surface area contributed by atoms with Crippen molar-refractivity contribution in [3.63, 3.8) is 0 Å². The molecule has 1 unspecified atom stereocenters. The van der Waals surface area contributed by atoms with Crippen molar-refractivity contribution in [2.45, 2.75) is 13.0 Å². The van der Waals surface area contributed by atoms with Crippen LogP contribution in [0.5, 0.6) is 5.75 Å². The van der Waals surface area contributed by atoms with Crippen molar-refractivity contribution in [1.82, 2.24) is 4.90 Å². The summed E-state index contributed by atoms with van der Waals surface area (Å²) in [6, 6.07) is 15.5. The van der Waals surface area contributed by atoms with Gasteiger partial charge >= 0.3 is 0 Å². The Balaban J connectivity index is 1.60. The summed E-state index contributed by atoms with van der Waals surface area (Å²) in [6.07, 6.45) is -0.679. The van der Waals surface area contributed by atoms with Crippen LogP contribution in [0, 0.1) is 0 Å². The molecule has 3 rings (SSSR count). The molecular formula is C21H27N3O3. The van der Waals surface area contributed by atoms with Crippen molar-refractivity contribution in [2.24, 2.45) is 5.73 Å². The molecular weight excluding hydrogens is 342 g/mol. The molecule has 1 saturated heterocycles. The van der Waals surface area contributed by atoms with Crippen molar-refractivity contribution in [2.75, 3.05) is 44.2 Å². The van der Waals surface area contributed by atoms with Crippen LogP contribution in [0.3, 0.4) is 0 Å². The third kappa shape index (κ3) is 4.78. The van der Waals surface area contributed by atoms with E-state index in [0.29, 0.717) is 30.0 Å². The average molecular weight is 369 g/mol. The first-order valence-corrected chi connectivity index (χ1v) is 9.35. The first-order valence-electron chi connectivity index (χ1n) is 9.35. The zero-order valence-electron chi connectivity index (χ0n) is 15.7. The van der Waals surface area contributed by atoms with E-state index in [4.69, 9.17) is 10.5 Å². The average Bonchev–Trinajstić information content (AvgIpc) is 2.69. The van der Waals surface area contributed by atoms with Gasteiger partial charge in [0.05, 0.1) is 18.3 Å². The summed E-state index contributed by atoms with van der Waals surface area (Å²) in [5, 5.41) is 10.6. The molecule has 0 bridgehead atoms. The van der Waals surface area contributed by atoms with Gasteiger partial charge in [-0.1, -0.05) is 24.3 Å². The van der Waals surface area contributed by atoms with Gasteiger partial charge in [-0.2, -0.15) is 0 Å². The zero-order chi connectivity index (χ0) is 19.2. The number of aliphatic hydroxyl groups is 1. The number of nitrogens with two attached hydrogens (primary N) is 1. The molecule has 0 aliphatic carbocycles. The number of piperazine rings is 1. The molecule has 2 aromatic carbocycles. The number of aliphatic hydroxyl groups excluding tert-OH is 1. The van der Waals surface area contributed by atoms with Gasteiger partial charge in [0.25, 0.3) is 5.91 Å². The monoisotopic (exact) mass is 369 g/mol. The highest BCUT2D eigenvalue weighted by atomic mass is 16.5. The fourth-order valence-corrected chi connectivity index (χ4v) is 3.41. The molecule has 27 heavy (non-hydrogen) atoms. The fraction of sp³-hybridized carbons (Fsp3) is 0.381. The van der Waals surface area contributed by atoms with Crippen LogP contribution < -0.4 is 15.4 Å². The number of carbonyl (C=O) groups excluding carboxylic acids is 1. The molecule has 3 N–H and O–H groups in total. The minimum absolute atomic E-state index is 0.308. The van der Waals surface area contributed by atoms with Gasteiger partial charge in [-0.15, -0.1) is 0 Å². The molecule has 0 radical (unpaired) electrons. The second-order valence-corrected chi connectivity index (χ2v) is 6.69. The van der Waals surface area contributed by atoms with E-state index in [0.717, 1.165) is 26.2 Å². The summed E-state index contributed by atoms with van der Waals surface area (Å²) in [6.45, 7) is 6.43. The van der Waals surface area contributed by atoms with Crippen molar-refractivity contribution in [3.05, 3.63) is 59.7 Å². The normalized spacial score (nSPS) is 16.1. The smallest absolute Gasteiger partial charge is 0.252 e. The van der Waals surface area contributed by atoms with Crippen LogP contribution in [0.4, 0.5) is 5.69 Å². The number of primary amides is 1. The molecule has 1 fully saturated rings. The lowest BCUT2D eigenvalue weighted by atomic mass is 10.0. The number of carbonyl (C=O) groups is 1. The van der Waals surface area contributed by atoms with E-state index >= 15 is 0 Å². The Labute approximate surface area is 160 Å². The van der Waals surface area contributed by atoms with Crippen molar-refractivity contribution in [3.8, 4) is 5.75 Å². The number of β-amino-alcohol motifs (C(OH)–C–C–N with tert-alkyl or cyclic N) is 1. The minimum atomic E-state index is -0.679. The van der Waals surface area contributed by atoms with Gasteiger partial charge in [-0.25, -0.2) is 0 Å². The Kier molecular flexibility index (Phi) is 6.32. The van der Waals surface area contributed by atoms with E-state index in [9.17, 15) is 9.90 Å². The van der Waals surface area contributed by atoms with E-state index in [1.807, 2.05) is 25.1 Å². The number of ether oxygens (including phenoxy) is 1. The molecule has 144 valence electrons. The maximum atomic E-state index is 11.7. The quantitative estimate of drug-likeness (QED) is 0.781. The lowest BCUT2D eigenvalue weighted by Gasteiger charge is -2.37. The maximum absolute atomic E-state index is 11.7. The third-order valence-corrected chi connectivity index (χ3v) is 4.88. The van der Waals surface area contributed by atoms with Crippen LogP contribution in [0.2, 0.25) is 0 Å². The standard InChI is InChI=1S/C21H27N3O3/c1-2-27-20-9-8-16(14-18(20)21(22)26)19(25)15-23-10-12-24(13-11-23)17-6-4-3-5-7-17/h3-9,14,19,25H,2,10-13,15H2,1H3,(H2,22,26). The highest BCUT2D eigenvalue weighted by molar-refractivity contribution is 5.95. The minimum Gasteiger partial charge on any atom is -0.493 e. The molecule has 6 nitrogen and oxygen atoms in total. The van der Waals surface area contributed by atoms with E-state index in [1.54, 1.807) is 18.2 Å². The molecule has 2 aromatic rings. The van der Waals surface area contributed by atoms with Crippen molar-refractivity contribution < 1.29 is 14.6 Å². The van der Waals surface area contributed by atoms with Gasteiger partial charge < -0.3 is 20.5 Å².